The Labute approximate surface area is 116 Å². The number of aryl methyl sites for hydroxylation is 1. The van der Waals surface area contributed by atoms with Crippen LogP contribution >= 0.6 is 15.9 Å². The van der Waals surface area contributed by atoms with E-state index < -0.39 is 0 Å². The Morgan fingerprint density at radius 3 is 2.89 bits per heavy atom. The van der Waals surface area contributed by atoms with Gasteiger partial charge in [-0.1, -0.05) is 15.9 Å². The van der Waals surface area contributed by atoms with Crippen molar-refractivity contribution >= 4 is 21.8 Å². The lowest BCUT2D eigenvalue weighted by molar-refractivity contribution is 0.0752. The van der Waals surface area contributed by atoms with Gasteiger partial charge in [-0.2, -0.15) is 0 Å². The van der Waals surface area contributed by atoms with E-state index in [1.807, 2.05) is 11.9 Å². The van der Waals surface area contributed by atoms with Crippen LogP contribution in [-0.4, -0.2) is 63.3 Å². The van der Waals surface area contributed by atoms with Crippen molar-refractivity contribution in [2.45, 2.75) is 6.42 Å². The fourth-order valence-corrected chi connectivity index (χ4v) is 2.74. The molecule has 1 aromatic heterocycles. The minimum Gasteiger partial charge on any atom is -0.336 e. The third-order valence-corrected chi connectivity index (χ3v) is 3.67. The van der Waals surface area contributed by atoms with Crippen LogP contribution in [0.3, 0.4) is 0 Å². The van der Waals surface area contributed by atoms with Gasteiger partial charge < -0.3 is 14.4 Å². The van der Waals surface area contributed by atoms with Crippen molar-refractivity contribution in [2.75, 3.05) is 38.1 Å². The first-order chi connectivity index (χ1) is 8.72. The van der Waals surface area contributed by atoms with Gasteiger partial charge >= 0.3 is 0 Å². The number of alkyl halides is 1. The van der Waals surface area contributed by atoms with E-state index in [4.69, 9.17) is 0 Å². The number of carbonyl (C=O) groups excluding carboxylic acids is 1. The maximum atomic E-state index is 12.3. The molecule has 1 fully saturated rings. The Balaban J connectivity index is 1.98. The standard InChI is InChI=1S/C12H19BrN4O/c1-15-10-14-9-11(15)12(18)17-5-2-4-16(6-3-13)7-8-17/h9-10H,2-8H2,1H3. The average Bonchev–Trinajstić information content (AvgIpc) is 2.64. The first-order valence-corrected chi connectivity index (χ1v) is 7.38. The van der Waals surface area contributed by atoms with Crippen LogP contribution in [0.15, 0.2) is 12.5 Å². The van der Waals surface area contributed by atoms with Gasteiger partial charge in [0.15, 0.2) is 0 Å². The molecule has 1 amide bonds. The van der Waals surface area contributed by atoms with Gasteiger partial charge in [-0.15, -0.1) is 0 Å². The van der Waals surface area contributed by atoms with Gasteiger partial charge in [-0.05, 0) is 13.0 Å². The fourth-order valence-electron chi connectivity index (χ4n) is 2.24. The predicted octanol–water partition coefficient (Wildman–Crippen LogP) is 0.963. The summed E-state index contributed by atoms with van der Waals surface area (Å²) in [5.41, 5.74) is 0.670. The highest BCUT2D eigenvalue weighted by Crippen LogP contribution is 2.08. The number of imidazole rings is 1. The normalized spacial score (nSPS) is 17.8. The Bertz CT molecular complexity index is 407. The van der Waals surface area contributed by atoms with Crippen LogP contribution in [0.1, 0.15) is 16.9 Å². The second-order valence-electron chi connectivity index (χ2n) is 4.57. The second-order valence-corrected chi connectivity index (χ2v) is 5.36. The summed E-state index contributed by atoms with van der Waals surface area (Å²) in [6.07, 6.45) is 4.35. The highest BCUT2D eigenvalue weighted by atomic mass is 79.9. The summed E-state index contributed by atoms with van der Waals surface area (Å²) in [7, 11) is 1.86. The van der Waals surface area contributed by atoms with E-state index in [0.29, 0.717) is 5.69 Å². The molecule has 0 spiro atoms. The van der Waals surface area contributed by atoms with Crippen LogP contribution in [-0.2, 0) is 7.05 Å². The molecule has 0 aromatic carbocycles. The van der Waals surface area contributed by atoms with Crippen molar-refractivity contribution in [3.8, 4) is 0 Å². The SMILES string of the molecule is Cn1cncc1C(=O)N1CCCN(CCBr)CC1. The molecule has 6 heteroatoms. The zero-order chi connectivity index (χ0) is 13.0. The van der Waals surface area contributed by atoms with Gasteiger partial charge in [-0.25, -0.2) is 4.98 Å². The number of rotatable bonds is 3. The lowest BCUT2D eigenvalue weighted by atomic mass is 10.3. The zero-order valence-corrected chi connectivity index (χ0v) is 12.3. The molecule has 1 aliphatic rings. The van der Waals surface area contributed by atoms with Gasteiger partial charge in [-0.3, -0.25) is 4.79 Å². The average molecular weight is 315 g/mol. The maximum absolute atomic E-state index is 12.3. The molecule has 1 aliphatic heterocycles. The lowest BCUT2D eigenvalue weighted by Crippen LogP contribution is -2.36. The maximum Gasteiger partial charge on any atom is 0.272 e. The van der Waals surface area contributed by atoms with Crippen molar-refractivity contribution in [1.82, 2.24) is 19.4 Å². The van der Waals surface area contributed by atoms with Crippen molar-refractivity contribution in [3.63, 3.8) is 0 Å². The number of hydrogen-bond acceptors (Lipinski definition) is 3. The van der Waals surface area contributed by atoms with Gasteiger partial charge in [0.1, 0.15) is 5.69 Å². The van der Waals surface area contributed by atoms with Crippen molar-refractivity contribution < 1.29 is 4.79 Å². The van der Waals surface area contributed by atoms with Crippen molar-refractivity contribution in [2.24, 2.45) is 7.05 Å². The highest BCUT2D eigenvalue weighted by Gasteiger charge is 2.21. The number of amides is 1. The highest BCUT2D eigenvalue weighted by molar-refractivity contribution is 9.09. The predicted molar refractivity (Wildman–Crippen MR) is 74.0 cm³/mol. The van der Waals surface area contributed by atoms with Gasteiger partial charge in [0.05, 0.1) is 12.5 Å². The molecule has 0 N–H and O–H groups in total. The second kappa shape index (κ2) is 6.33. The summed E-state index contributed by atoms with van der Waals surface area (Å²) in [6.45, 7) is 4.71. The van der Waals surface area contributed by atoms with E-state index in [1.54, 1.807) is 17.1 Å². The van der Waals surface area contributed by atoms with E-state index in [0.717, 1.165) is 44.5 Å². The van der Waals surface area contributed by atoms with E-state index >= 15 is 0 Å². The largest absolute Gasteiger partial charge is 0.336 e. The molecule has 0 aliphatic carbocycles. The Morgan fingerprint density at radius 2 is 2.22 bits per heavy atom. The molecular weight excluding hydrogens is 296 g/mol. The molecule has 0 bridgehead atoms. The van der Waals surface area contributed by atoms with E-state index in [9.17, 15) is 4.79 Å². The van der Waals surface area contributed by atoms with E-state index in [-0.39, 0.29) is 5.91 Å². The molecule has 100 valence electrons. The van der Waals surface area contributed by atoms with Crippen LogP contribution in [0.5, 0.6) is 0 Å². The molecule has 1 saturated heterocycles. The third-order valence-electron chi connectivity index (χ3n) is 3.31. The number of hydrogen-bond donors (Lipinski definition) is 0. The van der Waals surface area contributed by atoms with Crippen LogP contribution in [0.25, 0.3) is 0 Å². The van der Waals surface area contributed by atoms with Gasteiger partial charge in [0.2, 0.25) is 0 Å². The summed E-state index contributed by atoms with van der Waals surface area (Å²) in [5.74, 6) is 0.0932. The molecule has 0 atom stereocenters. The van der Waals surface area contributed by atoms with E-state index in [1.165, 1.54) is 0 Å². The summed E-state index contributed by atoms with van der Waals surface area (Å²) in [4.78, 5) is 20.7. The quantitative estimate of drug-likeness (QED) is 0.780. The lowest BCUT2D eigenvalue weighted by Gasteiger charge is -2.21. The van der Waals surface area contributed by atoms with Crippen LogP contribution < -0.4 is 0 Å². The number of aromatic nitrogens is 2. The first-order valence-electron chi connectivity index (χ1n) is 6.26. The summed E-state index contributed by atoms with van der Waals surface area (Å²) in [5, 5.41) is 0.989. The van der Waals surface area contributed by atoms with E-state index in [2.05, 4.69) is 25.8 Å². The molecule has 2 heterocycles. The molecule has 2 rings (SSSR count). The number of nitrogens with zero attached hydrogens (tertiary/aromatic N) is 4. The molecule has 0 unspecified atom stereocenters. The third kappa shape index (κ3) is 3.11. The van der Waals surface area contributed by atoms with Gasteiger partial charge in [0.25, 0.3) is 5.91 Å². The van der Waals surface area contributed by atoms with Crippen LogP contribution in [0.4, 0.5) is 0 Å². The Hall–Kier alpha value is -0.880. The molecule has 5 nitrogen and oxygen atoms in total. The van der Waals surface area contributed by atoms with Crippen LogP contribution in [0, 0.1) is 0 Å². The molecule has 18 heavy (non-hydrogen) atoms. The molecule has 0 radical (unpaired) electrons. The minimum atomic E-state index is 0.0932. The molecular formula is C12H19BrN4O. The monoisotopic (exact) mass is 314 g/mol. The summed E-state index contributed by atoms with van der Waals surface area (Å²) in [6, 6.07) is 0. The van der Waals surface area contributed by atoms with Gasteiger partial charge in [0, 0.05) is 38.6 Å². The smallest absolute Gasteiger partial charge is 0.272 e. The molecule has 1 aromatic rings. The van der Waals surface area contributed by atoms with Crippen LogP contribution in [0.2, 0.25) is 0 Å². The number of carbonyl (C=O) groups is 1. The zero-order valence-electron chi connectivity index (χ0n) is 10.7. The van der Waals surface area contributed by atoms with Crippen molar-refractivity contribution in [1.29, 1.82) is 0 Å². The fraction of sp³-hybridized carbons (Fsp3) is 0.667. The minimum absolute atomic E-state index is 0.0932. The Morgan fingerprint density at radius 1 is 1.39 bits per heavy atom. The summed E-state index contributed by atoms with van der Waals surface area (Å²) < 4.78 is 1.78. The summed E-state index contributed by atoms with van der Waals surface area (Å²) >= 11 is 3.46. The first kappa shape index (κ1) is 13.5. The topological polar surface area (TPSA) is 41.4 Å². The molecule has 0 saturated carbocycles. The number of halogens is 1. The Kier molecular flexibility index (Phi) is 4.77. The van der Waals surface area contributed by atoms with Crippen molar-refractivity contribution in [3.05, 3.63) is 18.2 Å².